The lowest BCUT2D eigenvalue weighted by atomic mass is 10.1. The lowest BCUT2D eigenvalue weighted by Gasteiger charge is -2.10. The van der Waals surface area contributed by atoms with Crippen LogP contribution < -0.4 is 5.32 Å². The van der Waals surface area contributed by atoms with Crippen LogP contribution in [0, 0.1) is 5.92 Å². The summed E-state index contributed by atoms with van der Waals surface area (Å²) in [6.45, 7) is 0. The van der Waals surface area contributed by atoms with Crippen molar-refractivity contribution in [3.63, 3.8) is 0 Å². The Morgan fingerprint density at radius 1 is 1.37 bits per heavy atom. The minimum absolute atomic E-state index is 0.0241. The van der Waals surface area contributed by atoms with Crippen molar-refractivity contribution in [2.45, 2.75) is 6.42 Å². The van der Waals surface area contributed by atoms with Crippen LogP contribution in [0.2, 0.25) is 10.0 Å². The van der Waals surface area contributed by atoms with Gasteiger partial charge in [-0.25, -0.2) is 8.42 Å². The van der Waals surface area contributed by atoms with E-state index >= 15 is 0 Å². The molecule has 0 spiro atoms. The van der Waals surface area contributed by atoms with Crippen molar-refractivity contribution in [2.75, 3.05) is 11.1 Å². The van der Waals surface area contributed by atoms with Crippen molar-refractivity contribution < 1.29 is 13.2 Å². The highest BCUT2D eigenvalue weighted by molar-refractivity contribution is 7.94. The molecule has 0 radical (unpaired) electrons. The number of benzene rings is 1. The Morgan fingerprint density at radius 3 is 2.74 bits per heavy atom. The smallest absolute Gasteiger partial charge is 0.225 e. The molecule has 0 saturated heterocycles. The molecule has 1 aromatic carbocycles. The maximum Gasteiger partial charge on any atom is 0.225 e. The molecule has 0 fully saturated rings. The molecule has 0 saturated carbocycles. The van der Waals surface area contributed by atoms with Crippen molar-refractivity contribution in [3.8, 4) is 0 Å². The first-order valence-corrected chi connectivity index (χ1v) is 7.99. The standard InChI is InChI=1S/C12H11Cl2NO3S/c13-9-2-1-3-10(12(9)14)15-11(16)6-8-4-5-19(17,18)7-8/h1-5,8H,6-7H2,(H,15,16). The zero-order valence-corrected chi connectivity index (χ0v) is 12.1. The van der Waals surface area contributed by atoms with E-state index in [0.717, 1.165) is 5.41 Å². The Morgan fingerprint density at radius 2 is 2.11 bits per heavy atom. The molecule has 2 rings (SSSR count). The van der Waals surface area contributed by atoms with Crippen LogP contribution in [-0.2, 0) is 14.6 Å². The van der Waals surface area contributed by atoms with Gasteiger partial charge in [0.2, 0.25) is 5.91 Å². The third-order valence-corrected chi connectivity index (χ3v) is 4.96. The SMILES string of the molecule is O=C(CC1C=CS(=O)(=O)C1)Nc1cccc(Cl)c1Cl. The summed E-state index contributed by atoms with van der Waals surface area (Å²) in [5.41, 5.74) is 0.420. The second-order valence-corrected chi connectivity index (χ2v) is 6.99. The maximum absolute atomic E-state index is 11.8. The number of allylic oxidation sites excluding steroid dienone is 1. The van der Waals surface area contributed by atoms with Crippen LogP contribution in [0.1, 0.15) is 6.42 Å². The van der Waals surface area contributed by atoms with Crippen molar-refractivity contribution >= 4 is 44.6 Å². The van der Waals surface area contributed by atoms with E-state index in [1.807, 2.05) is 0 Å². The van der Waals surface area contributed by atoms with Gasteiger partial charge in [-0.3, -0.25) is 4.79 Å². The fourth-order valence-corrected chi connectivity index (χ4v) is 3.55. The molecule has 7 heteroatoms. The Hall–Kier alpha value is -1.04. The summed E-state index contributed by atoms with van der Waals surface area (Å²) in [6, 6.07) is 4.92. The zero-order chi connectivity index (χ0) is 14.0. The topological polar surface area (TPSA) is 63.2 Å². The summed E-state index contributed by atoms with van der Waals surface area (Å²) >= 11 is 11.8. The number of amides is 1. The van der Waals surface area contributed by atoms with Gasteiger partial charge in [-0.05, 0) is 12.1 Å². The number of rotatable bonds is 3. The Kier molecular flexibility index (Phi) is 4.18. The highest BCUT2D eigenvalue weighted by Gasteiger charge is 2.24. The van der Waals surface area contributed by atoms with Crippen molar-refractivity contribution in [2.24, 2.45) is 5.92 Å². The molecule has 0 bridgehead atoms. The lowest BCUT2D eigenvalue weighted by Crippen LogP contribution is -2.17. The van der Waals surface area contributed by atoms with E-state index in [0.29, 0.717) is 10.7 Å². The molecule has 1 amide bonds. The summed E-state index contributed by atoms with van der Waals surface area (Å²) < 4.78 is 22.4. The molecule has 0 aliphatic carbocycles. The molecule has 1 N–H and O–H groups in total. The molecule has 1 unspecified atom stereocenters. The zero-order valence-electron chi connectivity index (χ0n) is 9.77. The van der Waals surface area contributed by atoms with Gasteiger partial charge in [-0.15, -0.1) is 0 Å². The van der Waals surface area contributed by atoms with Gasteiger partial charge in [-0.1, -0.05) is 35.3 Å². The number of nitrogens with one attached hydrogen (secondary N) is 1. The number of carbonyl (C=O) groups excluding carboxylic acids is 1. The molecule has 4 nitrogen and oxygen atoms in total. The van der Waals surface area contributed by atoms with Gasteiger partial charge < -0.3 is 5.32 Å². The average Bonchev–Trinajstić information content (AvgIpc) is 2.64. The van der Waals surface area contributed by atoms with Gasteiger partial charge in [0.1, 0.15) is 0 Å². The van der Waals surface area contributed by atoms with E-state index < -0.39 is 9.84 Å². The van der Waals surface area contributed by atoms with E-state index in [4.69, 9.17) is 23.2 Å². The summed E-state index contributed by atoms with van der Waals surface area (Å²) in [5, 5.41) is 4.39. The van der Waals surface area contributed by atoms with Gasteiger partial charge in [0.05, 0.1) is 21.5 Å². The number of hydrogen-bond donors (Lipinski definition) is 1. The van der Waals surface area contributed by atoms with Gasteiger partial charge in [0, 0.05) is 17.7 Å². The van der Waals surface area contributed by atoms with E-state index in [2.05, 4.69) is 5.32 Å². The summed E-state index contributed by atoms with van der Waals surface area (Å²) in [6.07, 6.45) is 1.63. The van der Waals surface area contributed by atoms with Crippen molar-refractivity contribution in [1.29, 1.82) is 0 Å². The van der Waals surface area contributed by atoms with Crippen LogP contribution in [0.25, 0.3) is 0 Å². The number of sulfone groups is 1. The average molecular weight is 320 g/mol. The highest BCUT2D eigenvalue weighted by Crippen LogP contribution is 2.30. The minimum Gasteiger partial charge on any atom is -0.325 e. The molecule has 1 aliphatic rings. The van der Waals surface area contributed by atoms with Crippen LogP contribution in [0.4, 0.5) is 5.69 Å². The van der Waals surface area contributed by atoms with Gasteiger partial charge in [-0.2, -0.15) is 0 Å². The number of carbonyl (C=O) groups is 1. The first-order valence-electron chi connectivity index (χ1n) is 5.52. The second-order valence-electron chi connectivity index (χ2n) is 4.27. The molecular formula is C12H11Cl2NO3S. The first-order chi connectivity index (χ1) is 8.87. The lowest BCUT2D eigenvalue weighted by molar-refractivity contribution is -0.116. The molecule has 19 heavy (non-hydrogen) atoms. The van der Waals surface area contributed by atoms with Crippen LogP contribution >= 0.6 is 23.2 Å². The molecule has 1 atom stereocenters. The van der Waals surface area contributed by atoms with Crippen molar-refractivity contribution in [1.82, 2.24) is 0 Å². The van der Waals surface area contributed by atoms with E-state index in [1.54, 1.807) is 18.2 Å². The molecule has 1 aromatic rings. The fourth-order valence-electron chi connectivity index (χ4n) is 1.81. The maximum atomic E-state index is 11.8. The van der Waals surface area contributed by atoms with Gasteiger partial charge in [0.15, 0.2) is 9.84 Å². The highest BCUT2D eigenvalue weighted by atomic mass is 35.5. The summed E-state index contributed by atoms with van der Waals surface area (Å²) in [4.78, 5) is 11.8. The summed E-state index contributed by atoms with van der Waals surface area (Å²) in [7, 11) is -3.14. The normalized spacial score (nSPS) is 20.4. The minimum atomic E-state index is -3.14. The number of hydrogen-bond acceptors (Lipinski definition) is 3. The largest absolute Gasteiger partial charge is 0.325 e. The Labute approximate surface area is 121 Å². The van der Waals surface area contributed by atoms with Crippen molar-refractivity contribution in [3.05, 3.63) is 39.7 Å². The Balaban J connectivity index is 1.99. The fraction of sp³-hybridized carbons (Fsp3) is 0.250. The van der Waals surface area contributed by atoms with Crippen LogP contribution in [-0.4, -0.2) is 20.1 Å². The monoisotopic (exact) mass is 319 g/mol. The Bertz CT molecular complexity index is 640. The summed E-state index contributed by atoms with van der Waals surface area (Å²) in [5.74, 6) is -0.608. The third-order valence-electron chi connectivity index (χ3n) is 2.68. The predicted octanol–water partition coefficient (Wildman–Crippen LogP) is 2.88. The van der Waals surface area contributed by atoms with E-state index in [-0.39, 0.29) is 29.0 Å². The molecule has 1 aliphatic heterocycles. The van der Waals surface area contributed by atoms with Gasteiger partial charge in [0.25, 0.3) is 0 Å². The molecule has 102 valence electrons. The third kappa shape index (κ3) is 3.72. The first kappa shape index (κ1) is 14.4. The molecule has 0 aromatic heterocycles. The molecular weight excluding hydrogens is 309 g/mol. The van der Waals surface area contributed by atoms with Crippen LogP contribution in [0.15, 0.2) is 29.7 Å². The number of anilines is 1. The predicted molar refractivity (Wildman–Crippen MR) is 76.1 cm³/mol. The molecule has 1 heterocycles. The van der Waals surface area contributed by atoms with Gasteiger partial charge >= 0.3 is 0 Å². The van der Waals surface area contributed by atoms with Crippen LogP contribution in [0.3, 0.4) is 0 Å². The second kappa shape index (κ2) is 5.53. The van der Waals surface area contributed by atoms with E-state index in [9.17, 15) is 13.2 Å². The number of halogens is 2. The van der Waals surface area contributed by atoms with E-state index in [1.165, 1.54) is 6.08 Å². The van der Waals surface area contributed by atoms with Crippen LogP contribution in [0.5, 0.6) is 0 Å². The quantitative estimate of drug-likeness (QED) is 0.931.